The van der Waals surface area contributed by atoms with Crippen molar-refractivity contribution >= 4 is 34.8 Å². The van der Waals surface area contributed by atoms with Crippen LogP contribution in [0.25, 0.3) is 17.3 Å². The van der Waals surface area contributed by atoms with Crippen molar-refractivity contribution in [3.63, 3.8) is 0 Å². The number of carbonyl (C=O) groups is 1. The van der Waals surface area contributed by atoms with Crippen LogP contribution in [-0.2, 0) is 11.4 Å². The Hall–Kier alpha value is -3.61. The van der Waals surface area contributed by atoms with Crippen molar-refractivity contribution in [3.8, 4) is 5.75 Å². The average Bonchev–Trinajstić information content (AvgIpc) is 3.20. The summed E-state index contributed by atoms with van der Waals surface area (Å²) in [6.45, 7) is 0.345. The number of halogens is 1. The molecule has 0 fully saturated rings. The zero-order valence-electron chi connectivity index (χ0n) is 16.0. The number of ether oxygens (including phenoxy) is 1. The highest BCUT2D eigenvalue weighted by Crippen LogP contribution is 2.23. The molecule has 4 rings (SSSR count). The lowest BCUT2D eigenvalue weighted by molar-refractivity contribution is -0.115. The fraction of sp³-hybridized carbons (Fsp3) is 0.0435. The van der Waals surface area contributed by atoms with E-state index in [1.54, 1.807) is 18.2 Å². The van der Waals surface area contributed by atoms with Crippen molar-refractivity contribution in [3.05, 3.63) is 101 Å². The molecule has 0 aliphatic carbocycles. The van der Waals surface area contributed by atoms with E-state index in [2.05, 4.69) is 10.4 Å². The SMILES string of the molecule is NNC(=O)/C(=C/c1ccc(Cl)cc1)c1ccc(OCc2cn3ccccc3n2)cc1. The summed E-state index contributed by atoms with van der Waals surface area (Å²) in [6, 6.07) is 20.3. The molecule has 3 N–H and O–H groups in total. The fourth-order valence-corrected chi connectivity index (χ4v) is 3.15. The van der Waals surface area contributed by atoms with Gasteiger partial charge in [0.25, 0.3) is 5.91 Å². The van der Waals surface area contributed by atoms with Crippen LogP contribution in [0.4, 0.5) is 0 Å². The van der Waals surface area contributed by atoms with Crippen LogP contribution in [0.3, 0.4) is 0 Å². The summed E-state index contributed by atoms with van der Waals surface area (Å²) in [5, 5.41) is 0.629. The van der Waals surface area contributed by atoms with Crippen LogP contribution >= 0.6 is 11.6 Å². The zero-order valence-corrected chi connectivity index (χ0v) is 16.7. The first-order valence-corrected chi connectivity index (χ1v) is 9.64. The van der Waals surface area contributed by atoms with Gasteiger partial charge < -0.3 is 9.14 Å². The molecule has 2 aromatic carbocycles. The van der Waals surface area contributed by atoms with Crippen molar-refractivity contribution in [2.45, 2.75) is 6.61 Å². The van der Waals surface area contributed by atoms with Gasteiger partial charge in [-0.15, -0.1) is 0 Å². The summed E-state index contributed by atoms with van der Waals surface area (Å²) in [6.07, 6.45) is 5.63. The van der Waals surface area contributed by atoms with Crippen molar-refractivity contribution in [2.24, 2.45) is 5.84 Å². The molecule has 0 atom stereocenters. The van der Waals surface area contributed by atoms with Crippen LogP contribution in [0.5, 0.6) is 5.75 Å². The Kier molecular flexibility index (Phi) is 5.79. The lowest BCUT2D eigenvalue weighted by atomic mass is 10.0. The average molecular weight is 419 g/mol. The standard InChI is InChI=1S/C23H19ClN4O2/c24-18-8-4-16(5-9-18)13-21(23(29)27-25)17-6-10-20(11-7-17)30-15-19-14-28-12-2-1-3-22(28)26-19/h1-14H,15,25H2,(H,27,29)/b21-13+. The minimum Gasteiger partial charge on any atom is -0.487 e. The second-order valence-electron chi connectivity index (χ2n) is 6.59. The quantitative estimate of drug-likeness (QED) is 0.162. The van der Waals surface area contributed by atoms with Gasteiger partial charge in [-0.25, -0.2) is 10.8 Å². The summed E-state index contributed by atoms with van der Waals surface area (Å²) < 4.78 is 7.78. The molecule has 0 spiro atoms. The molecule has 7 heteroatoms. The number of hydrazine groups is 1. The molecule has 0 aliphatic heterocycles. The predicted octanol–water partition coefficient (Wildman–Crippen LogP) is 4.10. The Balaban J connectivity index is 1.51. The highest BCUT2D eigenvalue weighted by atomic mass is 35.5. The van der Waals surface area contributed by atoms with E-state index in [1.165, 1.54) is 0 Å². The number of amides is 1. The minimum atomic E-state index is -0.386. The van der Waals surface area contributed by atoms with Gasteiger partial charge in [-0.3, -0.25) is 10.2 Å². The third kappa shape index (κ3) is 4.51. The molecular formula is C23H19ClN4O2. The first-order chi connectivity index (χ1) is 14.6. The van der Waals surface area contributed by atoms with Crippen LogP contribution in [-0.4, -0.2) is 15.3 Å². The van der Waals surface area contributed by atoms with E-state index < -0.39 is 0 Å². The lowest BCUT2D eigenvalue weighted by Crippen LogP contribution is -2.30. The van der Waals surface area contributed by atoms with E-state index >= 15 is 0 Å². The maximum atomic E-state index is 12.3. The first kappa shape index (κ1) is 19.7. The Labute approximate surface area is 178 Å². The molecule has 4 aromatic rings. The van der Waals surface area contributed by atoms with Crippen LogP contribution in [0.2, 0.25) is 5.02 Å². The van der Waals surface area contributed by atoms with Gasteiger partial charge in [0, 0.05) is 23.0 Å². The smallest absolute Gasteiger partial charge is 0.265 e. The molecule has 6 nitrogen and oxygen atoms in total. The van der Waals surface area contributed by atoms with Crippen LogP contribution in [0, 0.1) is 0 Å². The van der Waals surface area contributed by atoms with E-state index in [-0.39, 0.29) is 5.91 Å². The first-order valence-electron chi connectivity index (χ1n) is 9.26. The Morgan fingerprint density at radius 2 is 1.87 bits per heavy atom. The third-order valence-corrected chi connectivity index (χ3v) is 4.77. The number of pyridine rings is 1. The minimum absolute atomic E-state index is 0.345. The molecule has 0 aliphatic rings. The summed E-state index contributed by atoms with van der Waals surface area (Å²) in [5.74, 6) is 5.66. The topological polar surface area (TPSA) is 81.6 Å². The number of hydrogen-bond donors (Lipinski definition) is 2. The number of rotatable bonds is 6. The third-order valence-electron chi connectivity index (χ3n) is 4.52. The van der Waals surface area contributed by atoms with Crippen LogP contribution < -0.4 is 16.0 Å². The fourth-order valence-electron chi connectivity index (χ4n) is 3.03. The van der Waals surface area contributed by atoms with Crippen molar-refractivity contribution < 1.29 is 9.53 Å². The number of aromatic nitrogens is 2. The normalized spacial score (nSPS) is 11.5. The zero-order chi connectivity index (χ0) is 20.9. The van der Waals surface area contributed by atoms with E-state index in [0.717, 1.165) is 16.9 Å². The maximum Gasteiger partial charge on any atom is 0.265 e. The Morgan fingerprint density at radius 1 is 1.10 bits per heavy atom. The van der Waals surface area contributed by atoms with E-state index in [0.29, 0.717) is 28.5 Å². The van der Waals surface area contributed by atoms with Crippen molar-refractivity contribution in [2.75, 3.05) is 0 Å². The molecule has 0 unspecified atom stereocenters. The molecule has 0 radical (unpaired) electrons. The number of fused-ring (bicyclic) bond motifs is 1. The molecular weight excluding hydrogens is 400 g/mol. The second kappa shape index (κ2) is 8.82. The summed E-state index contributed by atoms with van der Waals surface area (Å²) >= 11 is 5.93. The van der Waals surface area contributed by atoms with E-state index in [4.69, 9.17) is 22.2 Å². The molecule has 1 amide bonds. The predicted molar refractivity (Wildman–Crippen MR) is 118 cm³/mol. The lowest BCUT2D eigenvalue weighted by Gasteiger charge is -2.09. The summed E-state index contributed by atoms with van der Waals surface area (Å²) in [7, 11) is 0. The van der Waals surface area contributed by atoms with Crippen molar-refractivity contribution in [1.29, 1.82) is 0 Å². The number of carbonyl (C=O) groups excluding carboxylic acids is 1. The number of nitrogens with two attached hydrogens (primary N) is 1. The second-order valence-corrected chi connectivity index (χ2v) is 7.03. The Morgan fingerprint density at radius 3 is 2.57 bits per heavy atom. The molecule has 0 bridgehead atoms. The van der Waals surface area contributed by atoms with Gasteiger partial charge in [0.05, 0.1) is 5.69 Å². The van der Waals surface area contributed by atoms with Crippen LogP contribution in [0.1, 0.15) is 16.8 Å². The molecule has 0 saturated carbocycles. The van der Waals surface area contributed by atoms with Gasteiger partial charge in [0.2, 0.25) is 0 Å². The van der Waals surface area contributed by atoms with Gasteiger partial charge in [-0.2, -0.15) is 0 Å². The number of hydrogen-bond acceptors (Lipinski definition) is 4. The Bertz CT molecular complexity index is 1170. The monoisotopic (exact) mass is 418 g/mol. The number of benzene rings is 2. The molecule has 30 heavy (non-hydrogen) atoms. The van der Waals surface area contributed by atoms with Crippen LogP contribution in [0.15, 0.2) is 79.1 Å². The molecule has 150 valence electrons. The van der Waals surface area contributed by atoms with E-state index in [1.807, 2.05) is 71.4 Å². The van der Waals surface area contributed by atoms with Gasteiger partial charge >= 0.3 is 0 Å². The summed E-state index contributed by atoms with van der Waals surface area (Å²) in [5.41, 5.74) is 5.89. The molecule has 2 aromatic heterocycles. The largest absolute Gasteiger partial charge is 0.487 e. The number of nitrogens with one attached hydrogen (secondary N) is 1. The van der Waals surface area contributed by atoms with Gasteiger partial charge in [0.1, 0.15) is 18.0 Å². The highest BCUT2D eigenvalue weighted by molar-refractivity contribution is 6.30. The summed E-state index contributed by atoms with van der Waals surface area (Å²) in [4.78, 5) is 16.8. The van der Waals surface area contributed by atoms with E-state index in [9.17, 15) is 4.79 Å². The number of imidazole rings is 1. The molecule has 2 heterocycles. The molecule has 0 saturated heterocycles. The maximum absolute atomic E-state index is 12.3. The van der Waals surface area contributed by atoms with Gasteiger partial charge in [-0.05, 0) is 53.6 Å². The van der Waals surface area contributed by atoms with Gasteiger partial charge in [-0.1, -0.05) is 41.9 Å². The van der Waals surface area contributed by atoms with Gasteiger partial charge in [0.15, 0.2) is 0 Å². The number of nitrogens with zero attached hydrogens (tertiary/aromatic N) is 2. The van der Waals surface area contributed by atoms with Crippen molar-refractivity contribution in [1.82, 2.24) is 14.8 Å². The highest BCUT2D eigenvalue weighted by Gasteiger charge is 2.11.